The molecule has 84 valence electrons. The summed E-state index contributed by atoms with van der Waals surface area (Å²) in [5, 5.41) is 10.9. The molecule has 0 fully saturated rings. The van der Waals surface area contributed by atoms with E-state index in [1.165, 1.54) is 17.9 Å². The predicted octanol–water partition coefficient (Wildman–Crippen LogP) is 1.81. The Morgan fingerprint density at radius 1 is 1.50 bits per heavy atom. The van der Waals surface area contributed by atoms with Gasteiger partial charge in [0.05, 0.1) is 4.92 Å². The predicted molar refractivity (Wildman–Crippen MR) is 59.6 cm³/mol. The first-order chi connectivity index (χ1) is 7.52. The van der Waals surface area contributed by atoms with Crippen molar-refractivity contribution in [3.8, 4) is 0 Å². The fourth-order valence-corrected chi connectivity index (χ4v) is 2.14. The molecule has 0 spiro atoms. The molecule has 0 atom stereocenters. The lowest BCUT2D eigenvalue weighted by atomic mass is 10.1. The molecule has 1 aromatic rings. The van der Waals surface area contributed by atoms with Crippen molar-refractivity contribution in [3.05, 3.63) is 33.4 Å². The summed E-state index contributed by atoms with van der Waals surface area (Å²) in [5.41, 5.74) is 2.43. The van der Waals surface area contributed by atoms with Gasteiger partial charge in [0.25, 0.3) is 5.69 Å². The number of carbonyl (C=O) groups is 1. The molecule has 0 N–H and O–H groups in total. The van der Waals surface area contributed by atoms with Gasteiger partial charge in [-0.15, -0.1) is 0 Å². The number of nitrogens with zero attached hydrogens (tertiary/aromatic N) is 2. The van der Waals surface area contributed by atoms with Crippen molar-refractivity contribution in [2.24, 2.45) is 0 Å². The first-order valence-electron chi connectivity index (χ1n) is 5.07. The molecule has 0 saturated heterocycles. The third-order valence-electron chi connectivity index (χ3n) is 2.93. The van der Waals surface area contributed by atoms with E-state index in [9.17, 15) is 14.9 Å². The van der Waals surface area contributed by atoms with Gasteiger partial charge < -0.3 is 4.90 Å². The Morgan fingerprint density at radius 3 is 2.75 bits per heavy atom. The Bertz CT molecular complexity index is 482. The highest BCUT2D eigenvalue weighted by Gasteiger charge is 2.31. The summed E-state index contributed by atoms with van der Waals surface area (Å²) in [6.45, 7) is 3.88. The van der Waals surface area contributed by atoms with Crippen molar-refractivity contribution in [2.75, 3.05) is 11.4 Å². The molecule has 1 heterocycles. The minimum Gasteiger partial charge on any atom is -0.306 e. The first kappa shape index (κ1) is 10.6. The number of hydrogen-bond acceptors (Lipinski definition) is 3. The van der Waals surface area contributed by atoms with Gasteiger partial charge in [0, 0.05) is 19.5 Å². The summed E-state index contributed by atoms with van der Waals surface area (Å²) in [6, 6.07) is 3.20. The van der Waals surface area contributed by atoms with Gasteiger partial charge in [0.15, 0.2) is 0 Å². The second kappa shape index (κ2) is 3.59. The summed E-state index contributed by atoms with van der Waals surface area (Å²) in [6.07, 6.45) is 0.697. The average molecular weight is 220 g/mol. The third kappa shape index (κ3) is 1.44. The van der Waals surface area contributed by atoms with E-state index in [0.29, 0.717) is 18.7 Å². The van der Waals surface area contributed by atoms with Crippen LogP contribution in [-0.4, -0.2) is 17.4 Å². The number of rotatable bonds is 1. The summed E-state index contributed by atoms with van der Waals surface area (Å²) < 4.78 is 0. The summed E-state index contributed by atoms with van der Waals surface area (Å²) >= 11 is 0. The monoisotopic (exact) mass is 220 g/mol. The Labute approximate surface area is 92.8 Å². The highest BCUT2D eigenvalue weighted by molar-refractivity contribution is 5.97. The topological polar surface area (TPSA) is 63.5 Å². The minimum absolute atomic E-state index is 0.0216. The zero-order chi connectivity index (χ0) is 11.9. The van der Waals surface area contributed by atoms with Crippen LogP contribution in [-0.2, 0) is 11.2 Å². The molecule has 1 aromatic carbocycles. The van der Waals surface area contributed by atoms with Gasteiger partial charge in [-0.3, -0.25) is 14.9 Å². The second-order valence-corrected chi connectivity index (χ2v) is 3.91. The van der Waals surface area contributed by atoms with Crippen molar-refractivity contribution in [1.29, 1.82) is 0 Å². The zero-order valence-electron chi connectivity index (χ0n) is 9.19. The Kier molecular flexibility index (Phi) is 2.38. The molecule has 2 rings (SSSR count). The molecule has 1 aliphatic heterocycles. The molecular weight excluding hydrogens is 208 g/mol. The number of fused-ring (bicyclic) bond motifs is 1. The van der Waals surface area contributed by atoms with Crippen LogP contribution in [0.2, 0.25) is 0 Å². The Morgan fingerprint density at radius 2 is 2.19 bits per heavy atom. The van der Waals surface area contributed by atoms with E-state index in [-0.39, 0.29) is 11.6 Å². The highest BCUT2D eigenvalue weighted by Crippen LogP contribution is 2.38. The largest absolute Gasteiger partial charge is 0.306 e. The van der Waals surface area contributed by atoms with Crippen LogP contribution in [0.25, 0.3) is 0 Å². The van der Waals surface area contributed by atoms with Crippen LogP contribution in [0.15, 0.2) is 12.1 Å². The third-order valence-corrected chi connectivity index (χ3v) is 2.93. The number of nitro groups is 1. The Hall–Kier alpha value is -1.91. The van der Waals surface area contributed by atoms with Crippen molar-refractivity contribution in [1.82, 2.24) is 0 Å². The van der Waals surface area contributed by atoms with Crippen LogP contribution < -0.4 is 4.90 Å². The van der Waals surface area contributed by atoms with Crippen molar-refractivity contribution >= 4 is 17.3 Å². The molecule has 1 amide bonds. The van der Waals surface area contributed by atoms with E-state index in [0.717, 1.165) is 11.1 Å². The van der Waals surface area contributed by atoms with E-state index in [4.69, 9.17) is 0 Å². The molecule has 0 aliphatic carbocycles. The number of anilines is 1. The highest BCUT2D eigenvalue weighted by atomic mass is 16.6. The standard InChI is InChI=1S/C11H12N2O3/c1-7-3-4-10(13(15)16)11-9(7)5-6-12(11)8(2)14/h3-4H,5-6H2,1-2H3. The van der Waals surface area contributed by atoms with E-state index >= 15 is 0 Å². The molecular formula is C11H12N2O3. The first-order valence-corrected chi connectivity index (χ1v) is 5.07. The number of carbonyl (C=O) groups excluding carboxylic acids is 1. The molecule has 0 aromatic heterocycles. The molecule has 0 radical (unpaired) electrons. The Balaban J connectivity index is 2.65. The van der Waals surface area contributed by atoms with Gasteiger partial charge in [-0.1, -0.05) is 6.07 Å². The van der Waals surface area contributed by atoms with Gasteiger partial charge in [-0.05, 0) is 24.5 Å². The summed E-state index contributed by atoms with van der Waals surface area (Å²) in [7, 11) is 0. The van der Waals surface area contributed by atoms with Gasteiger partial charge in [0.2, 0.25) is 5.91 Å². The van der Waals surface area contributed by atoms with Gasteiger partial charge in [-0.25, -0.2) is 0 Å². The normalized spacial score (nSPS) is 13.8. The van der Waals surface area contributed by atoms with Gasteiger partial charge in [-0.2, -0.15) is 0 Å². The molecule has 16 heavy (non-hydrogen) atoms. The molecule has 0 bridgehead atoms. The van der Waals surface area contributed by atoms with E-state index in [1.807, 2.05) is 6.92 Å². The molecule has 0 saturated carbocycles. The van der Waals surface area contributed by atoms with Crippen LogP contribution >= 0.6 is 0 Å². The maximum absolute atomic E-state index is 11.4. The second-order valence-electron chi connectivity index (χ2n) is 3.91. The number of benzene rings is 1. The summed E-state index contributed by atoms with van der Waals surface area (Å²) in [4.78, 5) is 23.4. The quantitative estimate of drug-likeness (QED) is 0.535. The smallest absolute Gasteiger partial charge is 0.293 e. The van der Waals surface area contributed by atoms with Crippen molar-refractivity contribution in [3.63, 3.8) is 0 Å². The van der Waals surface area contributed by atoms with Gasteiger partial charge >= 0.3 is 0 Å². The number of amides is 1. The number of aryl methyl sites for hydroxylation is 1. The van der Waals surface area contributed by atoms with Crippen LogP contribution in [0, 0.1) is 17.0 Å². The van der Waals surface area contributed by atoms with Crippen LogP contribution in [0.4, 0.5) is 11.4 Å². The molecule has 0 unspecified atom stereocenters. The van der Waals surface area contributed by atoms with Crippen LogP contribution in [0.3, 0.4) is 0 Å². The lowest BCUT2D eigenvalue weighted by Crippen LogP contribution is -2.26. The minimum atomic E-state index is -0.431. The van der Waals surface area contributed by atoms with E-state index in [2.05, 4.69) is 0 Å². The lowest BCUT2D eigenvalue weighted by molar-refractivity contribution is -0.384. The van der Waals surface area contributed by atoms with Crippen molar-refractivity contribution in [2.45, 2.75) is 20.3 Å². The van der Waals surface area contributed by atoms with E-state index < -0.39 is 4.92 Å². The lowest BCUT2D eigenvalue weighted by Gasteiger charge is -2.14. The average Bonchev–Trinajstić information content (AvgIpc) is 2.62. The molecule has 5 nitrogen and oxygen atoms in total. The SMILES string of the molecule is CC(=O)N1CCc2c(C)ccc([N+](=O)[O-])c21. The number of hydrogen-bond donors (Lipinski definition) is 0. The molecule has 1 aliphatic rings. The molecule has 5 heteroatoms. The van der Waals surface area contributed by atoms with Crippen LogP contribution in [0.1, 0.15) is 18.1 Å². The zero-order valence-corrected chi connectivity index (χ0v) is 9.19. The van der Waals surface area contributed by atoms with Gasteiger partial charge in [0.1, 0.15) is 5.69 Å². The summed E-state index contributed by atoms with van der Waals surface area (Å²) in [5.74, 6) is -0.146. The van der Waals surface area contributed by atoms with Crippen molar-refractivity contribution < 1.29 is 9.72 Å². The maximum atomic E-state index is 11.4. The maximum Gasteiger partial charge on any atom is 0.293 e. The number of nitro benzene ring substituents is 1. The fourth-order valence-electron chi connectivity index (χ4n) is 2.14. The van der Waals surface area contributed by atoms with Crippen LogP contribution in [0.5, 0.6) is 0 Å². The van der Waals surface area contributed by atoms with E-state index in [1.54, 1.807) is 6.07 Å². The fraction of sp³-hybridized carbons (Fsp3) is 0.364.